The van der Waals surface area contributed by atoms with E-state index in [-0.39, 0.29) is 17.0 Å². The van der Waals surface area contributed by atoms with E-state index in [0.717, 1.165) is 10.3 Å². The van der Waals surface area contributed by atoms with Gasteiger partial charge in [-0.1, -0.05) is 58.7 Å². The number of rotatable bonds is 4. The van der Waals surface area contributed by atoms with Gasteiger partial charge in [-0.25, -0.2) is 8.42 Å². The molecule has 1 amide bonds. The molecule has 5 rings (SSSR count). The molecule has 35 heavy (non-hydrogen) atoms. The van der Waals surface area contributed by atoms with Crippen molar-refractivity contribution in [2.24, 2.45) is 4.99 Å². The number of anilines is 1. The van der Waals surface area contributed by atoms with Crippen LogP contribution in [0, 0.1) is 12.3 Å². The number of sulfonamides is 1. The van der Waals surface area contributed by atoms with Gasteiger partial charge in [-0.05, 0) is 54.4 Å². The van der Waals surface area contributed by atoms with Crippen LogP contribution in [-0.4, -0.2) is 25.4 Å². The molecule has 0 aliphatic carbocycles. The zero-order chi connectivity index (χ0) is 24.7. The number of terminal acetylenes is 1. The molecule has 2 heterocycles. The Morgan fingerprint density at radius 1 is 1.11 bits per heavy atom. The minimum atomic E-state index is -3.75. The van der Waals surface area contributed by atoms with Crippen LogP contribution in [0.3, 0.4) is 0 Å². The van der Waals surface area contributed by atoms with Crippen LogP contribution in [0.2, 0.25) is 10.0 Å². The Hall–Kier alpha value is -3.09. The van der Waals surface area contributed by atoms with E-state index >= 15 is 0 Å². The highest BCUT2D eigenvalue weighted by Crippen LogP contribution is 2.33. The Balaban J connectivity index is 1.49. The summed E-state index contributed by atoms with van der Waals surface area (Å²) in [5.74, 6) is 2.02. The van der Waals surface area contributed by atoms with E-state index in [9.17, 15) is 13.2 Å². The number of hydrogen-bond acceptors (Lipinski definition) is 4. The number of nitrogens with zero attached hydrogens (tertiary/aromatic N) is 3. The van der Waals surface area contributed by atoms with Crippen LogP contribution >= 0.6 is 34.5 Å². The van der Waals surface area contributed by atoms with Crippen molar-refractivity contribution in [3.05, 3.63) is 86.6 Å². The van der Waals surface area contributed by atoms with Crippen LogP contribution in [0.4, 0.5) is 5.69 Å². The first-order valence-corrected chi connectivity index (χ1v) is 13.5. The van der Waals surface area contributed by atoms with Gasteiger partial charge in [0.15, 0.2) is 4.80 Å². The molecular formula is C25H17Cl2N3O3S2. The number of para-hydroxylation sites is 1. The summed E-state index contributed by atoms with van der Waals surface area (Å²) in [6.45, 7) is 0.549. The van der Waals surface area contributed by atoms with Gasteiger partial charge in [0.1, 0.15) is 0 Å². The second-order valence-corrected chi connectivity index (χ2v) is 11.5. The van der Waals surface area contributed by atoms with Gasteiger partial charge in [-0.15, -0.1) is 6.42 Å². The fourth-order valence-electron chi connectivity index (χ4n) is 4.06. The van der Waals surface area contributed by atoms with Crippen molar-refractivity contribution in [3.8, 4) is 12.3 Å². The third-order valence-electron chi connectivity index (χ3n) is 5.68. The largest absolute Gasteiger partial charge is 0.303 e. The lowest BCUT2D eigenvalue weighted by Crippen LogP contribution is -2.29. The highest BCUT2D eigenvalue weighted by Gasteiger charge is 2.30. The molecule has 0 radical (unpaired) electrons. The monoisotopic (exact) mass is 541 g/mol. The number of halogens is 2. The third kappa shape index (κ3) is 4.26. The Morgan fingerprint density at radius 3 is 2.60 bits per heavy atom. The quantitative estimate of drug-likeness (QED) is 0.336. The minimum Gasteiger partial charge on any atom is -0.303 e. The highest BCUT2D eigenvalue weighted by molar-refractivity contribution is 7.92. The first-order chi connectivity index (χ1) is 16.8. The average Bonchev–Trinajstić information content (AvgIpc) is 3.41. The van der Waals surface area contributed by atoms with E-state index in [1.807, 2.05) is 18.2 Å². The molecule has 1 aromatic heterocycles. The molecule has 1 aliphatic rings. The molecule has 0 spiro atoms. The van der Waals surface area contributed by atoms with Gasteiger partial charge in [0, 0.05) is 17.1 Å². The van der Waals surface area contributed by atoms with Crippen LogP contribution in [0.15, 0.2) is 70.6 Å². The van der Waals surface area contributed by atoms with E-state index in [1.165, 1.54) is 39.9 Å². The summed E-state index contributed by atoms with van der Waals surface area (Å²) in [5.41, 5.74) is 2.58. The molecule has 0 saturated heterocycles. The summed E-state index contributed by atoms with van der Waals surface area (Å²) in [6.07, 6.45) is 6.18. The molecule has 0 fully saturated rings. The fraction of sp³-hybridized carbons (Fsp3) is 0.120. The molecule has 0 unspecified atom stereocenters. The lowest BCUT2D eigenvalue weighted by molar-refractivity contribution is 0.0998. The first-order valence-electron chi connectivity index (χ1n) is 10.5. The number of benzene rings is 3. The lowest BCUT2D eigenvalue weighted by atomic mass is 10.2. The highest BCUT2D eigenvalue weighted by atomic mass is 35.5. The Labute approximate surface area is 216 Å². The van der Waals surface area contributed by atoms with E-state index in [4.69, 9.17) is 29.6 Å². The topological polar surface area (TPSA) is 71.7 Å². The van der Waals surface area contributed by atoms with Crippen molar-refractivity contribution in [1.82, 2.24) is 4.57 Å². The van der Waals surface area contributed by atoms with Crippen LogP contribution in [-0.2, 0) is 23.0 Å². The van der Waals surface area contributed by atoms with Gasteiger partial charge in [-0.3, -0.25) is 9.10 Å². The molecule has 3 aromatic carbocycles. The van der Waals surface area contributed by atoms with Crippen molar-refractivity contribution in [1.29, 1.82) is 0 Å². The van der Waals surface area contributed by atoms with Crippen molar-refractivity contribution >= 4 is 66.4 Å². The second kappa shape index (κ2) is 9.17. The minimum absolute atomic E-state index is 0.108. The van der Waals surface area contributed by atoms with Crippen molar-refractivity contribution in [2.45, 2.75) is 17.9 Å². The molecular weight excluding hydrogens is 525 g/mol. The number of aromatic nitrogens is 1. The summed E-state index contributed by atoms with van der Waals surface area (Å²) in [6, 6.07) is 16.6. The molecule has 176 valence electrons. The molecule has 0 N–H and O–H groups in total. The maximum Gasteiger partial charge on any atom is 0.279 e. The summed E-state index contributed by atoms with van der Waals surface area (Å²) in [5, 5.41) is 0.873. The first kappa shape index (κ1) is 23.6. The zero-order valence-corrected chi connectivity index (χ0v) is 21.3. The summed E-state index contributed by atoms with van der Waals surface area (Å²) in [7, 11) is -3.75. The van der Waals surface area contributed by atoms with Gasteiger partial charge in [0.2, 0.25) is 0 Å². The van der Waals surface area contributed by atoms with E-state index in [0.29, 0.717) is 39.0 Å². The number of thiazole rings is 1. The van der Waals surface area contributed by atoms with Gasteiger partial charge in [-0.2, -0.15) is 4.99 Å². The van der Waals surface area contributed by atoms with Crippen molar-refractivity contribution in [3.63, 3.8) is 0 Å². The molecule has 0 saturated carbocycles. The Morgan fingerprint density at radius 2 is 1.86 bits per heavy atom. The SMILES string of the molecule is C#CCn1c(=NC(=O)c2ccc(S(=O)(=O)N3CCc4ccccc43)cc2)sc2cc(Cl)cc(Cl)c21. The number of amides is 1. The number of carbonyl (C=O) groups is 1. The number of hydrogen-bond donors (Lipinski definition) is 0. The smallest absolute Gasteiger partial charge is 0.279 e. The average molecular weight is 542 g/mol. The van der Waals surface area contributed by atoms with Gasteiger partial charge >= 0.3 is 0 Å². The summed E-state index contributed by atoms with van der Waals surface area (Å²) in [4.78, 5) is 17.7. The molecule has 10 heteroatoms. The summed E-state index contributed by atoms with van der Waals surface area (Å²) >= 11 is 13.7. The molecule has 6 nitrogen and oxygen atoms in total. The van der Waals surface area contributed by atoms with E-state index < -0.39 is 15.9 Å². The maximum absolute atomic E-state index is 13.2. The van der Waals surface area contributed by atoms with Crippen molar-refractivity contribution < 1.29 is 13.2 Å². The van der Waals surface area contributed by atoms with Gasteiger partial charge < -0.3 is 4.57 Å². The third-order valence-corrected chi connectivity index (χ3v) is 9.03. The van der Waals surface area contributed by atoms with Crippen molar-refractivity contribution in [2.75, 3.05) is 10.8 Å². The molecule has 1 aliphatic heterocycles. The van der Waals surface area contributed by atoms with Crippen LogP contribution < -0.4 is 9.11 Å². The maximum atomic E-state index is 13.2. The number of fused-ring (bicyclic) bond motifs is 2. The standard InChI is InChI=1S/C25H17Cl2N3O3S2/c1-2-12-29-23-20(27)14-18(26)15-22(23)34-25(29)28-24(31)17-7-9-19(10-8-17)35(32,33)30-13-11-16-5-3-4-6-21(16)30/h1,3-10,14-15H,11-13H2. The lowest BCUT2D eigenvalue weighted by Gasteiger charge is -2.19. The predicted octanol–water partition coefficient (Wildman–Crippen LogP) is 5.14. The van der Waals surface area contributed by atoms with Crippen LogP contribution in [0.1, 0.15) is 15.9 Å². The van der Waals surface area contributed by atoms with Crippen LogP contribution in [0.25, 0.3) is 10.2 Å². The van der Waals surface area contributed by atoms with Crippen LogP contribution in [0.5, 0.6) is 0 Å². The fourth-order valence-corrected chi connectivity index (χ4v) is 7.37. The Kier molecular flexibility index (Phi) is 6.20. The normalized spacial score (nSPS) is 13.7. The van der Waals surface area contributed by atoms with E-state index in [2.05, 4.69) is 10.9 Å². The van der Waals surface area contributed by atoms with Gasteiger partial charge in [0.05, 0.1) is 32.4 Å². The predicted molar refractivity (Wildman–Crippen MR) is 140 cm³/mol. The van der Waals surface area contributed by atoms with Gasteiger partial charge in [0.25, 0.3) is 15.9 Å². The number of carbonyl (C=O) groups excluding carboxylic acids is 1. The zero-order valence-electron chi connectivity index (χ0n) is 18.1. The molecule has 4 aromatic rings. The summed E-state index contributed by atoms with van der Waals surface area (Å²) < 4.78 is 30.3. The Bertz CT molecular complexity index is 1700. The van der Waals surface area contributed by atoms with E-state index in [1.54, 1.807) is 22.8 Å². The second-order valence-electron chi connectivity index (χ2n) is 7.81. The molecule has 0 atom stereocenters. The molecule has 0 bridgehead atoms.